The van der Waals surface area contributed by atoms with E-state index in [1.807, 2.05) is 4.90 Å². The molecular weight excluding hydrogens is 174 g/mol. The molecule has 1 aliphatic heterocycles. The van der Waals surface area contributed by atoms with Crippen LogP contribution in [0, 0.1) is 18.3 Å². The van der Waals surface area contributed by atoms with Crippen LogP contribution in [0.5, 0.6) is 0 Å². The minimum Gasteiger partial charge on any atom is -0.339 e. The number of carbonyl (C=O) groups is 1. The van der Waals surface area contributed by atoms with Gasteiger partial charge in [0, 0.05) is 24.9 Å². The van der Waals surface area contributed by atoms with Gasteiger partial charge < -0.3 is 4.90 Å². The number of likely N-dealkylation sites (tertiary alicyclic amines) is 1. The summed E-state index contributed by atoms with van der Waals surface area (Å²) in [6.45, 7) is 5.05. The minimum absolute atomic E-state index is 0.145. The number of carbonyl (C=O) groups excluding carboxylic acids is 1. The van der Waals surface area contributed by atoms with Crippen LogP contribution in [0.4, 0.5) is 0 Å². The van der Waals surface area contributed by atoms with E-state index < -0.39 is 0 Å². The summed E-state index contributed by atoms with van der Waals surface area (Å²) in [5, 5.41) is 0. The molecule has 1 saturated heterocycles. The summed E-state index contributed by atoms with van der Waals surface area (Å²) < 4.78 is 0. The average Bonchev–Trinajstić information content (AvgIpc) is 2.56. The second kappa shape index (κ2) is 5.05. The molecule has 14 heavy (non-hydrogen) atoms. The van der Waals surface area contributed by atoms with Crippen LogP contribution < -0.4 is 0 Å². The Kier molecular flexibility index (Phi) is 4.00. The molecule has 0 spiro atoms. The molecule has 0 bridgehead atoms. The first-order valence-electron chi connectivity index (χ1n) is 5.44. The average molecular weight is 193 g/mol. The first-order valence-corrected chi connectivity index (χ1v) is 5.44. The predicted molar refractivity (Wildman–Crippen MR) is 57.6 cm³/mol. The molecule has 1 aliphatic rings. The summed E-state index contributed by atoms with van der Waals surface area (Å²) >= 11 is 0. The van der Waals surface area contributed by atoms with E-state index in [1.165, 1.54) is 12.8 Å². The molecule has 0 aromatic rings. The van der Waals surface area contributed by atoms with Crippen LogP contribution in [0.2, 0.25) is 0 Å². The lowest BCUT2D eigenvalue weighted by Gasteiger charge is -2.24. The van der Waals surface area contributed by atoms with Gasteiger partial charge in [-0.05, 0) is 13.3 Å². The van der Waals surface area contributed by atoms with E-state index in [9.17, 15) is 4.79 Å². The van der Waals surface area contributed by atoms with Crippen LogP contribution in [-0.2, 0) is 4.79 Å². The maximum atomic E-state index is 11.6. The van der Waals surface area contributed by atoms with Crippen molar-refractivity contribution >= 4 is 5.91 Å². The highest BCUT2D eigenvalue weighted by Gasteiger charge is 2.30. The molecule has 1 amide bonds. The highest BCUT2D eigenvalue weighted by molar-refractivity contribution is 5.79. The number of unbranched alkanes of at least 4 members (excludes halogenated alkanes) is 1. The van der Waals surface area contributed by atoms with Gasteiger partial charge in [-0.3, -0.25) is 4.79 Å². The zero-order valence-electron chi connectivity index (χ0n) is 9.12. The van der Waals surface area contributed by atoms with Gasteiger partial charge in [0.25, 0.3) is 0 Å². The van der Waals surface area contributed by atoms with Crippen LogP contribution >= 0.6 is 0 Å². The molecule has 2 heteroatoms. The molecule has 1 fully saturated rings. The maximum absolute atomic E-state index is 11.6. The van der Waals surface area contributed by atoms with Gasteiger partial charge >= 0.3 is 0 Å². The standard InChI is InChI=1S/C12H19NO/c1-4-6-7-10(3)13-9-11(5-2)8-12(13)14/h2,10-11H,4,6-9H2,1,3H3. The fourth-order valence-corrected chi connectivity index (χ4v) is 1.92. The molecular formula is C12H19NO. The lowest BCUT2D eigenvalue weighted by atomic mass is 10.1. The summed E-state index contributed by atoms with van der Waals surface area (Å²) in [7, 11) is 0. The van der Waals surface area contributed by atoms with Gasteiger partial charge in [0.05, 0.1) is 0 Å². The van der Waals surface area contributed by atoms with Crippen molar-refractivity contribution in [2.75, 3.05) is 6.54 Å². The number of terminal acetylenes is 1. The van der Waals surface area contributed by atoms with E-state index in [-0.39, 0.29) is 11.8 Å². The number of amides is 1. The van der Waals surface area contributed by atoms with Crippen molar-refractivity contribution in [3.8, 4) is 12.3 Å². The van der Waals surface area contributed by atoms with Gasteiger partial charge in [-0.15, -0.1) is 12.3 Å². The topological polar surface area (TPSA) is 20.3 Å². The molecule has 1 heterocycles. The third-order valence-corrected chi connectivity index (χ3v) is 2.90. The summed E-state index contributed by atoms with van der Waals surface area (Å²) in [5.74, 6) is 3.05. The molecule has 0 saturated carbocycles. The van der Waals surface area contributed by atoms with Crippen molar-refractivity contribution < 1.29 is 4.79 Å². The van der Waals surface area contributed by atoms with Crippen LogP contribution in [0.25, 0.3) is 0 Å². The van der Waals surface area contributed by atoms with Gasteiger partial charge in [0.15, 0.2) is 0 Å². The Morgan fingerprint density at radius 2 is 2.43 bits per heavy atom. The minimum atomic E-state index is 0.145. The van der Waals surface area contributed by atoms with Gasteiger partial charge in [0.2, 0.25) is 5.91 Å². The lowest BCUT2D eigenvalue weighted by molar-refractivity contribution is -0.129. The third kappa shape index (κ3) is 2.51. The predicted octanol–water partition coefficient (Wildman–Crippen LogP) is 2.05. The van der Waals surface area contributed by atoms with E-state index in [2.05, 4.69) is 19.8 Å². The Balaban J connectivity index is 2.45. The number of hydrogen-bond donors (Lipinski definition) is 0. The molecule has 0 aromatic carbocycles. The monoisotopic (exact) mass is 193 g/mol. The molecule has 0 radical (unpaired) electrons. The summed E-state index contributed by atoms with van der Waals surface area (Å²) in [6, 6.07) is 0.362. The summed E-state index contributed by atoms with van der Waals surface area (Å²) in [6.07, 6.45) is 9.35. The van der Waals surface area contributed by atoms with Crippen molar-refractivity contribution in [2.24, 2.45) is 5.92 Å². The summed E-state index contributed by atoms with van der Waals surface area (Å²) in [4.78, 5) is 13.5. The quantitative estimate of drug-likeness (QED) is 0.626. The second-order valence-corrected chi connectivity index (χ2v) is 4.11. The molecule has 2 unspecified atom stereocenters. The smallest absolute Gasteiger partial charge is 0.224 e. The SMILES string of the molecule is C#CC1CC(=O)N(C(C)CCCC)C1. The van der Waals surface area contributed by atoms with Crippen molar-refractivity contribution in [3.05, 3.63) is 0 Å². The summed E-state index contributed by atoms with van der Waals surface area (Å²) in [5.41, 5.74) is 0. The van der Waals surface area contributed by atoms with E-state index in [4.69, 9.17) is 6.42 Å². The molecule has 78 valence electrons. The van der Waals surface area contributed by atoms with Gasteiger partial charge in [0.1, 0.15) is 0 Å². The zero-order valence-corrected chi connectivity index (χ0v) is 9.12. The maximum Gasteiger partial charge on any atom is 0.224 e. The molecule has 0 N–H and O–H groups in total. The number of hydrogen-bond acceptors (Lipinski definition) is 1. The Bertz CT molecular complexity index is 241. The van der Waals surface area contributed by atoms with Crippen molar-refractivity contribution in [2.45, 2.75) is 45.6 Å². The first kappa shape index (κ1) is 11.1. The second-order valence-electron chi connectivity index (χ2n) is 4.11. The van der Waals surface area contributed by atoms with Crippen molar-refractivity contribution in [3.63, 3.8) is 0 Å². The molecule has 0 aromatic heterocycles. The van der Waals surface area contributed by atoms with Crippen LogP contribution in [0.1, 0.15) is 39.5 Å². The molecule has 0 aliphatic carbocycles. The fourth-order valence-electron chi connectivity index (χ4n) is 1.92. The third-order valence-electron chi connectivity index (χ3n) is 2.90. The Labute approximate surface area is 86.7 Å². The first-order chi connectivity index (χ1) is 6.69. The lowest BCUT2D eigenvalue weighted by Crippen LogP contribution is -2.34. The Morgan fingerprint density at radius 1 is 1.71 bits per heavy atom. The highest BCUT2D eigenvalue weighted by atomic mass is 16.2. The number of rotatable bonds is 4. The normalized spacial score (nSPS) is 23.6. The van der Waals surface area contributed by atoms with Crippen molar-refractivity contribution in [1.29, 1.82) is 0 Å². The molecule has 1 rings (SSSR count). The van der Waals surface area contributed by atoms with E-state index in [0.717, 1.165) is 13.0 Å². The molecule has 2 nitrogen and oxygen atoms in total. The van der Waals surface area contributed by atoms with Crippen molar-refractivity contribution in [1.82, 2.24) is 4.90 Å². The fraction of sp³-hybridized carbons (Fsp3) is 0.750. The van der Waals surface area contributed by atoms with E-state index in [1.54, 1.807) is 0 Å². The van der Waals surface area contributed by atoms with Crippen LogP contribution in [-0.4, -0.2) is 23.4 Å². The molecule has 2 atom stereocenters. The van der Waals surface area contributed by atoms with Crippen LogP contribution in [0.3, 0.4) is 0 Å². The zero-order chi connectivity index (χ0) is 10.6. The van der Waals surface area contributed by atoms with E-state index in [0.29, 0.717) is 12.5 Å². The largest absolute Gasteiger partial charge is 0.339 e. The Hall–Kier alpha value is -0.970. The van der Waals surface area contributed by atoms with Crippen LogP contribution in [0.15, 0.2) is 0 Å². The van der Waals surface area contributed by atoms with Gasteiger partial charge in [-0.2, -0.15) is 0 Å². The number of nitrogens with zero attached hydrogens (tertiary/aromatic N) is 1. The highest BCUT2D eigenvalue weighted by Crippen LogP contribution is 2.21. The van der Waals surface area contributed by atoms with Gasteiger partial charge in [-0.1, -0.05) is 19.8 Å². The van der Waals surface area contributed by atoms with E-state index >= 15 is 0 Å². The van der Waals surface area contributed by atoms with Gasteiger partial charge in [-0.25, -0.2) is 0 Å². The Morgan fingerprint density at radius 3 is 2.93 bits per heavy atom.